The second kappa shape index (κ2) is 7.76. The summed E-state index contributed by atoms with van der Waals surface area (Å²) in [5, 5.41) is 15.0. The van der Waals surface area contributed by atoms with Gasteiger partial charge < -0.3 is 15.7 Å². The van der Waals surface area contributed by atoms with Gasteiger partial charge in [0.2, 0.25) is 5.91 Å². The summed E-state index contributed by atoms with van der Waals surface area (Å²) < 4.78 is 0. The number of hydrogen-bond donors (Lipinski definition) is 3. The molecule has 4 heteroatoms. The number of carbonyl (C=O) groups excluding carboxylic acids is 1. The first-order chi connectivity index (χ1) is 6.56. The van der Waals surface area contributed by atoms with E-state index in [0.29, 0.717) is 6.54 Å². The van der Waals surface area contributed by atoms with Gasteiger partial charge in [-0.2, -0.15) is 0 Å². The van der Waals surface area contributed by atoms with E-state index in [1.165, 1.54) is 0 Å². The minimum atomic E-state index is -0.341. The number of carbonyl (C=O) groups is 1. The van der Waals surface area contributed by atoms with Crippen molar-refractivity contribution >= 4 is 5.91 Å². The second-order valence-electron chi connectivity index (χ2n) is 3.80. The molecule has 0 fully saturated rings. The molecular weight excluding hydrogens is 180 g/mol. The first kappa shape index (κ1) is 13.4. The van der Waals surface area contributed by atoms with E-state index in [0.717, 1.165) is 12.8 Å². The van der Waals surface area contributed by atoms with Gasteiger partial charge in [0.1, 0.15) is 0 Å². The topological polar surface area (TPSA) is 61.4 Å². The molecule has 0 saturated heterocycles. The number of amides is 1. The molecule has 0 rings (SSSR count). The molecule has 1 amide bonds. The zero-order chi connectivity index (χ0) is 11.0. The van der Waals surface area contributed by atoms with Gasteiger partial charge in [-0.1, -0.05) is 13.3 Å². The maximum Gasteiger partial charge on any atom is 0.234 e. The van der Waals surface area contributed by atoms with E-state index in [1.54, 1.807) is 0 Å². The number of hydrogen-bond acceptors (Lipinski definition) is 3. The summed E-state index contributed by atoms with van der Waals surface area (Å²) in [4.78, 5) is 11.1. The first-order valence-corrected chi connectivity index (χ1v) is 5.24. The third-order valence-electron chi connectivity index (χ3n) is 1.74. The van der Waals surface area contributed by atoms with E-state index in [9.17, 15) is 9.90 Å². The Kier molecular flexibility index (Phi) is 7.42. The summed E-state index contributed by atoms with van der Waals surface area (Å²) in [7, 11) is 0. The lowest BCUT2D eigenvalue weighted by atomic mass is 10.2. The Hall–Kier alpha value is -0.610. The Labute approximate surface area is 86.1 Å². The van der Waals surface area contributed by atoms with Crippen molar-refractivity contribution in [1.29, 1.82) is 0 Å². The van der Waals surface area contributed by atoms with Crippen LogP contribution < -0.4 is 10.6 Å². The highest BCUT2D eigenvalue weighted by Crippen LogP contribution is 1.93. The van der Waals surface area contributed by atoms with Crippen molar-refractivity contribution in [2.75, 3.05) is 13.1 Å². The van der Waals surface area contributed by atoms with Gasteiger partial charge in [-0.3, -0.25) is 4.79 Å². The van der Waals surface area contributed by atoms with Crippen LogP contribution in [0.2, 0.25) is 0 Å². The van der Waals surface area contributed by atoms with Crippen molar-refractivity contribution in [3.05, 3.63) is 0 Å². The summed E-state index contributed by atoms with van der Waals surface area (Å²) in [6.07, 6.45) is 1.40. The van der Waals surface area contributed by atoms with Crippen LogP contribution in [0.3, 0.4) is 0 Å². The maximum atomic E-state index is 11.1. The van der Waals surface area contributed by atoms with Crippen LogP contribution in [-0.4, -0.2) is 36.2 Å². The third kappa shape index (κ3) is 8.01. The summed E-state index contributed by atoms with van der Waals surface area (Å²) in [6, 6.07) is 0.171. The predicted molar refractivity (Wildman–Crippen MR) is 57.1 cm³/mol. The Morgan fingerprint density at radius 3 is 2.57 bits per heavy atom. The Balaban J connectivity index is 3.39. The van der Waals surface area contributed by atoms with Gasteiger partial charge in [0.25, 0.3) is 0 Å². The maximum absolute atomic E-state index is 11.1. The van der Waals surface area contributed by atoms with Gasteiger partial charge >= 0.3 is 0 Å². The molecule has 0 bridgehead atoms. The average Bonchev–Trinajstić information content (AvgIpc) is 2.02. The van der Waals surface area contributed by atoms with Crippen molar-refractivity contribution in [2.45, 2.75) is 45.8 Å². The van der Waals surface area contributed by atoms with Crippen LogP contribution in [0.1, 0.15) is 33.6 Å². The van der Waals surface area contributed by atoms with Crippen LogP contribution in [0.25, 0.3) is 0 Å². The first-order valence-electron chi connectivity index (χ1n) is 5.24. The van der Waals surface area contributed by atoms with E-state index in [2.05, 4.69) is 10.6 Å². The highest BCUT2D eigenvalue weighted by atomic mass is 16.3. The quantitative estimate of drug-likeness (QED) is 0.555. The van der Waals surface area contributed by atoms with Crippen molar-refractivity contribution < 1.29 is 9.90 Å². The average molecular weight is 202 g/mol. The van der Waals surface area contributed by atoms with Crippen molar-refractivity contribution in [1.82, 2.24) is 10.6 Å². The molecule has 0 aliphatic heterocycles. The highest BCUT2D eigenvalue weighted by Gasteiger charge is 2.05. The fourth-order valence-corrected chi connectivity index (χ4v) is 1.16. The van der Waals surface area contributed by atoms with Gasteiger partial charge in [-0.05, 0) is 20.3 Å². The monoisotopic (exact) mass is 202 g/mol. The van der Waals surface area contributed by atoms with Crippen molar-refractivity contribution in [2.24, 2.45) is 0 Å². The fourth-order valence-electron chi connectivity index (χ4n) is 1.16. The molecule has 0 saturated carbocycles. The molecule has 0 aromatic carbocycles. The summed E-state index contributed by atoms with van der Waals surface area (Å²) in [5.74, 6) is -0.0244. The number of aliphatic hydroxyl groups is 1. The lowest BCUT2D eigenvalue weighted by molar-refractivity contribution is -0.120. The summed E-state index contributed by atoms with van der Waals surface area (Å²) in [5.41, 5.74) is 0. The summed E-state index contributed by atoms with van der Waals surface area (Å²) in [6.45, 7) is 6.63. The molecule has 0 aromatic rings. The van der Waals surface area contributed by atoms with Crippen LogP contribution in [0, 0.1) is 0 Å². The normalized spacial score (nSPS) is 12.9. The number of rotatable bonds is 7. The smallest absolute Gasteiger partial charge is 0.234 e. The van der Waals surface area contributed by atoms with Crippen LogP contribution in [0.5, 0.6) is 0 Å². The zero-order valence-corrected chi connectivity index (χ0v) is 9.34. The number of aliphatic hydroxyl groups excluding tert-OH is 1. The third-order valence-corrected chi connectivity index (χ3v) is 1.74. The van der Waals surface area contributed by atoms with E-state index in [-0.39, 0.29) is 24.6 Å². The zero-order valence-electron chi connectivity index (χ0n) is 9.34. The van der Waals surface area contributed by atoms with Gasteiger partial charge in [-0.15, -0.1) is 0 Å². The predicted octanol–water partition coefficient (Wildman–Crippen LogP) is 0.262. The van der Waals surface area contributed by atoms with Gasteiger partial charge in [0.05, 0.1) is 12.6 Å². The molecule has 0 aliphatic carbocycles. The SMILES string of the molecule is CCCC(O)CNCC(=O)NC(C)C. The van der Waals surface area contributed by atoms with Gasteiger partial charge in [0.15, 0.2) is 0 Å². The lowest BCUT2D eigenvalue weighted by Gasteiger charge is -2.11. The molecule has 84 valence electrons. The lowest BCUT2D eigenvalue weighted by Crippen LogP contribution is -2.39. The molecule has 4 nitrogen and oxygen atoms in total. The Bertz CT molecular complexity index is 160. The van der Waals surface area contributed by atoms with E-state index in [1.807, 2.05) is 20.8 Å². The van der Waals surface area contributed by atoms with Crippen LogP contribution in [0.4, 0.5) is 0 Å². The molecule has 14 heavy (non-hydrogen) atoms. The van der Waals surface area contributed by atoms with Crippen molar-refractivity contribution in [3.63, 3.8) is 0 Å². The largest absolute Gasteiger partial charge is 0.392 e. The summed E-state index contributed by atoms with van der Waals surface area (Å²) >= 11 is 0. The molecule has 3 N–H and O–H groups in total. The van der Waals surface area contributed by atoms with Crippen LogP contribution in [-0.2, 0) is 4.79 Å². The van der Waals surface area contributed by atoms with Crippen LogP contribution in [0.15, 0.2) is 0 Å². The minimum absolute atomic E-state index is 0.0244. The Morgan fingerprint density at radius 2 is 2.07 bits per heavy atom. The molecule has 0 aromatic heterocycles. The Morgan fingerprint density at radius 1 is 1.43 bits per heavy atom. The van der Waals surface area contributed by atoms with E-state index >= 15 is 0 Å². The fraction of sp³-hybridized carbons (Fsp3) is 0.900. The molecule has 0 heterocycles. The molecule has 0 aliphatic rings. The second-order valence-corrected chi connectivity index (χ2v) is 3.80. The van der Waals surface area contributed by atoms with Gasteiger partial charge in [-0.25, -0.2) is 0 Å². The van der Waals surface area contributed by atoms with Crippen LogP contribution >= 0.6 is 0 Å². The molecular formula is C10H22N2O2. The van der Waals surface area contributed by atoms with Crippen molar-refractivity contribution in [3.8, 4) is 0 Å². The standard InChI is InChI=1S/C10H22N2O2/c1-4-5-9(13)6-11-7-10(14)12-8(2)3/h8-9,11,13H,4-7H2,1-3H3,(H,12,14). The van der Waals surface area contributed by atoms with Gasteiger partial charge in [0, 0.05) is 12.6 Å². The molecule has 1 atom stereocenters. The molecule has 0 radical (unpaired) electrons. The minimum Gasteiger partial charge on any atom is -0.392 e. The molecule has 0 spiro atoms. The molecule has 1 unspecified atom stereocenters. The van der Waals surface area contributed by atoms with E-state index in [4.69, 9.17) is 0 Å². The number of nitrogens with one attached hydrogen (secondary N) is 2. The van der Waals surface area contributed by atoms with E-state index < -0.39 is 0 Å². The highest BCUT2D eigenvalue weighted by molar-refractivity contribution is 5.78.